The number of nitrogens with two attached hydrogens (primary N) is 2. The van der Waals surface area contributed by atoms with Gasteiger partial charge >= 0.3 is 0 Å². The van der Waals surface area contributed by atoms with Crippen molar-refractivity contribution in [3.05, 3.63) is 41.9 Å². The second-order valence-corrected chi connectivity index (χ2v) is 4.74. The van der Waals surface area contributed by atoms with E-state index in [0.29, 0.717) is 12.2 Å². The number of rotatable bonds is 4. The lowest BCUT2D eigenvalue weighted by Gasteiger charge is -2.14. The Balaban J connectivity index is 1.95. The molecule has 104 valence electrons. The summed E-state index contributed by atoms with van der Waals surface area (Å²) < 4.78 is 2.07. The Hall–Kier alpha value is -2.38. The fourth-order valence-corrected chi connectivity index (χ4v) is 2.40. The predicted molar refractivity (Wildman–Crippen MR) is 77.5 cm³/mol. The number of hydrogen-bond acceptors (Lipinski definition) is 5. The van der Waals surface area contributed by atoms with Crippen LogP contribution in [-0.2, 0) is 13.5 Å². The van der Waals surface area contributed by atoms with Crippen molar-refractivity contribution in [3.8, 4) is 0 Å². The summed E-state index contributed by atoms with van der Waals surface area (Å²) in [6.07, 6.45) is 2.31. The van der Waals surface area contributed by atoms with Gasteiger partial charge in [0.15, 0.2) is 0 Å². The predicted octanol–water partition coefficient (Wildman–Crippen LogP) is 0.626. The molecule has 6 N–H and O–H groups in total. The summed E-state index contributed by atoms with van der Waals surface area (Å²) in [4.78, 5) is 4.64. The first kappa shape index (κ1) is 12.6. The number of imidazole rings is 1. The summed E-state index contributed by atoms with van der Waals surface area (Å²) in [5.41, 5.74) is 11.5. The highest BCUT2D eigenvalue weighted by Crippen LogP contribution is 2.23. The quantitative estimate of drug-likeness (QED) is 0.411. The number of hydrazine groups is 1. The van der Waals surface area contributed by atoms with Gasteiger partial charge in [-0.2, -0.15) is 5.10 Å². The summed E-state index contributed by atoms with van der Waals surface area (Å²) in [5, 5.41) is 6.64. The Morgan fingerprint density at radius 2 is 2.20 bits per heavy atom. The first-order chi connectivity index (χ1) is 9.70. The third-order valence-corrected chi connectivity index (χ3v) is 3.54. The molecule has 0 radical (unpaired) electrons. The van der Waals surface area contributed by atoms with E-state index in [2.05, 4.69) is 25.2 Å². The highest BCUT2D eigenvalue weighted by atomic mass is 15.2. The second-order valence-electron chi connectivity index (χ2n) is 4.74. The number of H-pyrrole nitrogens is 1. The minimum absolute atomic E-state index is 0.135. The highest BCUT2D eigenvalue weighted by molar-refractivity contribution is 5.75. The molecule has 0 bridgehead atoms. The Labute approximate surface area is 116 Å². The van der Waals surface area contributed by atoms with Crippen LogP contribution in [-0.4, -0.2) is 19.7 Å². The van der Waals surface area contributed by atoms with E-state index >= 15 is 0 Å². The Morgan fingerprint density at radius 3 is 2.85 bits per heavy atom. The standard InChI is InChI=1S/C13H17N7/c1-20-11-5-3-2-4-9(11)17-12(20)6-10(18-15)8-7-16-19-13(8)14/h2-5,7,10,18H,6,15H2,1H3,(H3,14,16,19). The maximum absolute atomic E-state index is 5.84. The van der Waals surface area contributed by atoms with E-state index in [9.17, 15) is 0 Å². The largest absolute Gasteiger partial charge is 0.384 e. The van der Waals surface area contributed by atoms with Crippen LogP contribution in [0.25, 0.3) is 11.0 Å². The van der Waals surface area contributed by atoms with Gasteiger partial charge in [-0.1, -0.05) is 12.1 Å². The van der Waals surface area contributed by atoms with E-state index in [1.165, 1.54) is 0 Å². The molecule has 0 aliphatic carbocycles. The van der Waals surface area contributed by atoms with Crippen LogP contribution in [0.15, 0.2) is 30.5 Å². The van der Waals surface area contributed by atoms with Gasteiger partial charge in [-0.25, -0.2) is 4.98 Å². The summed E-state index contributed by atoms with van der Waals surface area (Å²) in [7, 11) is 2.00. The summed E-state index contributed by atoms with van der Waals surface area (Å²) >= 11 is 0. The van der Waals surface area contributed by atoms with Gasteiger partial charge in [-0.05, 0) is 12.1 Å². The van der Waals surface area contributed by atoms with E-state index in [1.807, 2.05) is 31.3 Å². The van der Waals surface area contributed by atoms with Crippen molar-refractivity contribution >= 4 is 16.9 Å². The molecule has 0 fully saturated rings. The lowest BCUT2D eigenvalue weighted by atomic mass is 10.1. The molecule has 3 rings (SSSR count). The first-order valence-corrected chi connectivity index (χ1v) is 6.36. The maximum Gasteiger partial charge on any atom is 0.123 e. The van der Waals surface area contributed by atoms with Gasteiger partial charge < -0.3 is 10.3 Å². The first-order valence-electron chi connectivity index (χ1n) is 6.36. The number of anilines is 1. The molecule has 0 aliphatic rings. The molecule has 0 saturated heterocycles. The Bertz CT molecular complexity index is 727. The van der Waals surface area contributed by atoms with E-state index in [4.69, 9.17) is 11.6 Å². The summed E-state index contributed by atoms with van der Waals surface area (Å²) in [6.45, 7) is 0. The van der Waals surface area contributed by atoms with Crippen molar-refractivity contribution in [3.63, 3.8) is 0 Å². The second kappa shape index (κ2) is 4.95. The fraction of sp³-hybridized carbons (Fsp3) is 0.231. The molecular formula is C13H17N7. The van der Waals surface area contributed by atoms with Crippen molar-refractivity contribution in [2.24, 2.45) is 12.9 Å². The molecule has 2 aromatic heterocycles. The summed E-state index contributed by atoms with van der Waals surface area (Å²) in [6, 6.07) is 7.88. The van der Waals surface area contributed by atoms with Crippen LogP contribution in [0, 0.1) is 0 Å². The average molecular weight is 271 g/mol. The zero-order chi connectivity index (χ0) is 14.1. The monoisotopic (exact) mass is 271 g/mol. The molecule has 3 aromatic rings. The van der Waals surface area contributed by atoms with Crippen LogP contribution in [0.5, 0.6) is 0 Å². The molecule has 1 unspecified atom stereocenters. The van der Waals surface area contributed by atoms with Crippen LogP contribution >= 0.6 is 0 Å². The third kappa shape index (κ3) is 2.02. The smallest absolute Gasteiger partial charge is 0.123 e. The molecule has 1 aromatic carbocycles. The van der Waals surface area contributed by atoms with Crippen LogP contribution in [0.2, 0.25) is 0 Å². The number of hydrogen-bond donors (Lipinski definition) is 4. The maximum atomic E-state index is 5.84. The normalized spacial score (nSPS) is 12.9. The number of nitrogen functional groups attached to an aromatic ring is 1. The minimum Gasteiger partial charge on any atom is -0.384 e. The zero-order valence-electron chi connectivity index (χ0n) is 11.2. The number of para-hydroxylation sites is 2. The molecule has 0 aliphatic heterocycles. The van der Waals surface area contributed by atoms with Crippen molar-refractivity contribution in [1.29, 1.82) is 0 Å². The van der Waals surface area contributed by atoms with Gasteiger partial charge in [0.25, 0.3) is 0 Å². The van der Waals surface area contributed by atoms with E-state index in [1.54, 1.807) is 6.20 Å². The van der Waals surface area contributed by atoms with E-state index in [0.717, 1.165) is 22.4 Å². The van der Waals surface area contributed by atoms with E-state index in [-0.39, 0.29) is 6.04 Å². The number of benzene rings is 1. The number of nitrogens with zero attached hydrogens (tertiary/aromatic N) is 3. The lowest BCUT2D eigenvalue weighted by molar-refractivity contribution is 0.533. The average Bonchev–Trinajstić information content (AvgIpc) is 3.01. The minimum atomic E-state index is -0.135. The van der Waals surface area contributed by atoms with Crippen LogP contribution in [0.3, 0.4) is 0 Å². The van der Waals surface area contributed by atoms with Crippen molar-refractivity contribution in [2.45, 2.75) is 12.5 Å². The van der Waals surface area contributed by atoms with Crippen molar-refractivity contribution in [2.75, 3.05) is 5.73 Å². The number of aryl methyl sites for hydroxylation is 1. The SMILES string of the molecule is Cn1c(CC(NN)c2cn[nH]c2N)nc2ccccc21. The fourth-order valence-electron chi connectivity index (χ4n) is 2.40. The van der Waals surface area contributed by atoms with Gasteiger partial charge in [-0.3, -0.25) is 16.4 Å². The Morgan fingerprint density at radius 1 is 1.40 bits per heavy atom. The highest BCUT2D eigenvalue weighted by Gasteiger charge is 2.18. The number of fused-ring (bicyclic) bond motifs is 1. The molecule has 7 heteroatoms. The zero-order valence-corrected chi connectivity index (χ0v) is 11.2. The van der Waals surface area contributed by atoms with Crippen LogP contribution in [0.4, 0.5) is 5.82 Å². The van der Waals surface area contributed by atoms with Gasteiger partial charge in [0.1, 0.15) is 11.6 Å². The molecule has 0 saturated carbocycles. The summed E-state index contributed by atoms with van der Waals surface area (Å²) in [5.74, 6) is 7.10. The number of nitrogens with one attached hydrogen (secondary N) is 2. The molecule has 20 heavy (non-hydrogen) atoms. The van der Waals surface area contributed by atoms with Crippen LogP contribution in [0.1, 0.15) is 17.4 Å². The number of aromatic nitrogens is 4. The third-order valence-electron chi connectivity index (χ3n) is 3.54. The molecule has 7 nitrogen and oxygen atoms in total. The Kier molecular flexibility index (Phi) is 3.13. The van der Waals surface area contributed by atoms with E-state index < -0.39 is 0 Å². The van der Waals surface area contributed by atoms with Crippen molar-refractivity contribution < 1.29 is 0 Å². The van der Waals surface area contributed by atoms with Gasteiger partial charge in [0.05, 0.1) is 23.3 Å². The molecule has 2 heterocycles. The van der Waals surface area contributed by atoms with Gasteiger partial charge in [0, 0.05) is 19.0 Å². The lowest BCUT2D eigenvalue weighted by Crippen LogP contribution is -2.30. The topological polar surface area (TPSA) is 111 Å². The molecular weight excluding hydrogens is 254 g/mol. The van der Waals surface area contributed by atoms with Crippen molar-refractivity contribution in [1.82, 2.24) is 25.2 Å². The molecule has 0 amide bonds. The van der Waals surface area contributed by atoms with Gasteiger partial charge in [0.2, 0.25) is 0 Å². The van der Waals surface area contributed by atoms with Crippen LogP contribution < -0.4 is 17.0 Å². The molecule has 1 atom stereocenters. The van der Waals surface area contributed by atoms with Gasteiger partial charge in [-0.15, -0.1) is 0 Å². The number of aromatic amines is 1. The molecule has 0 spiro atoms.